The lowest BCUT2D eigenvalue weighted by atomic mass is 10.1. The van der Waals surface area contributed by atoms with Gasteiger partial charge in [-0.05, 0) is 37.6 Å². The van der Waals surface area contributed by atoms with E-state index in [-0.39, 0.29) is 18.4 Å². The molecule has 25 heavy (non-hydrogen) atoms. The summed E-state index contributed by atoms with van der Waals surface area (Å²) in [4.78, 5) is 12.4. The van der Waals surface area contributed by atoms with Gasteiger partial charge < -0.3 is 19.5 Å². The third-order valence-corrected chi connectivity index (χ3v) is 4.10. The van der Waals surface area contributed by atoms with Crippen molar-refractivity contribution in [2.45, 2.75) is 32.8 Å². The second-order valence-corrected chi connectivity index (χ2v) is 6.09. The first kappa shape index (κ1) is 17.1. The minimum Gasteiger partial charge on any atom is -0.497 e. The van der Waals surface area contributed by atoms with E-state index in [9.17, 15) is 4.79 Å². The van der Waals surface area contributed by atoms with Crippen molar-refractivity contribution >= 4 is 11.6 Å². The summed E-state index contributed by atoms with van der Waals surface area (Å²) >= 11 is 0. The molecule has 0 bridgehead atoms. The molecule has 5 heteroatoms. The number of hydrogen-bond donors (Lipinski definition) is 1. The van der Waals surface area contributed by atoms with Crippen LogP contribution in [0.15, 0.2) is 36.4 Å². The number of hydrogen-bond acceptors (Lipinski definition) is 4. The fraction of sp³-hybridized carbons (Fsp3) is 0.350. The summed E-state index contributed by atoms with van der Waals surface area (Å²) < 4.78 is 16.6. The summed E-state index contributed by atoms with van der Waals surface area (Å²) in [5, 5.41) is 2.94. The Morgan fingerprint density at radius 2 is 2.04 bits per heavy atom. The monoisotopic (exact) mass is 341 g/mol. The van der Waals surface area contributed by atoms with Crippen LogP contribution in [-0.4, -0.2) is 25.7 Å². The Morgan fingerprint density at radius 1 is 1.28 bits per heavy atom. The van der Waals surface area contributed by atoms with Crippen molar-refractivity contribution in [1.82, 2.24) is 0 Å². The Labute approximate surface area is 147 Å². The first-order valence-corrected chi connectivity index (χ1v) is 8.48. The van der Waals surface area contributed by atoms with Crippen molar-refractivity contribution in [3.63, 3.8) is 0 Å². The van der Waals surface area contributed by atoms with E-state index in [2.05, 4.69) is 5.32 Å². The number of rotatable bonds is 6. The number of carbonyl (C=O) groups excluding carboxylic acids is 1. The molecule has 0 spiro atoms. The largest absolute Gasteiger partial charge is 0.497 e. The number of anilines is 1. The van der Waals surface area contributed by atoms with Gasteiger partial charge in [0, 0.05) is 18.1 Å². The van der Waals surface area contributed by atoms with Crippen LogP contribution in [0, 0.1) is 0 Å². The molecule has 0 fully saturated rings. The highest BCUT2D eigenvalue weighted by Crippen LogP contribution is 2.38. The highest BCUT2D eigenvalue weighted by atomic mass is 16.5. The van der Waals surface area contributed by atoms with E-state index in [1.54, 1.807) is 7.11 Å². The fourth-order valence-corrected chi connectivity index (χ4v) is 2.94. The third-order valence-electron chi connectivity index (χ3n) is 4.10. The minimum absolute atomic E-state index is 0.0999. The van der Waals surface area contributed by atoms with E-state index in [1.165, 1.54) is 0 Å². The molecule has 5 nitrogen and oxygen atoms in total. The molecule has 0 radical (unpaired) electrons. The molecule has 1 aliphatic rings. The number of methoxy groups -OCH3 is 1. The average Bonchev–Trinajstić information content (AvgIpc) is 2.95. The van der Waals surface area contributed by atoms with Gasteiger partial charge in [-0.3, -0.25) is 4.79 Å². The zero-order valence-electron chi connectivity index (χ0n) is 14.8. The Balaban J connectivity index is 1.74. The van der Waals surface area contributed by atoms with Gasteiger partial charge in [0.05, 0.1) is 25.8 Å². The fourth-order valence-electron chi connectivity index (χ4n) is 2.94. The van der Waals surface area contributed by atoms with Gasteiger partial charge in [-0.1, -0.05) is 12.1 Å². The molecular weight excluding hydrogens is 318 g/mol. The van der Waals surface area contributed by atoms with Gasteiger partial charge in [-0.2, -0.15) is 0 Å². The Bertz CT molecular complexity index is 755. The molecule has 1 unspecified atom stereocenters. The molecule has 1 heterocycles. The maximum atomic E-state index is 12.4. The molecule has 2 aromatic rings. The molecule has 0 saturated carbocycles. The number of benzene rings is 2. The standard InChI is InChI=1S/C20H23NO4/c1-4-24-19-11-15-9-13(2)25-18(15)12-17(19)21-20(22)10-14-5-7-16(23-3)8-6-14/h5-8,11-13H,4,9-10H2,1-3H3,(H,21,22). The number of amides is 1. The lowest BCUT2D eigenvalue weighted by Gasteiger charge is -2.13. The van der Waals surface area contributed by atoms with Crippen LogP contribution < -0.4 is 19.5 Å². The SMILES string of the molecule is CCOc1cc2c(cc1NC(=O)Cc1ccc(OC)cc1)OC(C)C2. The Hall–Kier alpha value is -2.69. The quantitative estimate of drug-likeness (QED) is 0.872. The average molecular weight is 341 g/mol. The number of carbonyl (C=O) groups is 1. The summed E-state index contributed by atoms with van der Waals surface area (Å²) in [5.41, 5.74) is 2.68. The Morgan fingerprint density at radius 3 is 2.72 bits per heavy atom. The third kappa shape index (κ3) is 4.05. The van der Waals surface area contributed by atoms with Crippen LogP contribution in [0.3, 0.4) is 0 Å². The summed E-state index contributed by atoms with van der Waals surface area (Å²) in [5.74, 6) is 2.17. The van der Waals surface area contributed by atoms with E-state index < -0.39 is 0 Å². The molecule has 0 aromatic heterocycles. The van der Waals surface area contributed by atoms with Gasteiger partial charge in [0.25, 0.3) is 0 Å². The molecule has 2 aromatic carbocycles. The number of ether oxygens (including phenoxy) is 3. The van der Waals surface area contributed by atoms with Crippen LogP contribution in [0.1, 0.15) is 25.0 Å². The maximum absolute atomic E-state index is 12.4. The van der Waals surface area contributed by atoms with E-state index in [0.29, 0.717) is 18.0 Å². The first-order valence-electron chi connectivity index (χ1n) is 8.48. The Kier molecular flexibility index (Phi) is 5.12. The summed E-state index contributed by atoms with van der Waals surface area (Å²) in [6.45, 7) is 4.49. The zero-order chi connectivity index (χ0) is 17.8. The zero-order valence-corrected chi connectivity index (χ0v) is 14.8. The van der Waals surface area contributed by atoms with Crippen molar-refractivity contribution in [2.75, 3.05) is 19.0 Å². The van der Waals surface area contributed by atoms with Gasteiger partial charge in [-0.25, -0.2) is 0 Å². The second-order valence-electron chi connectivity index (χ2n) is 6.09. The molecule has 0 saturated heterocycles. The topological polar surface area (TPSA) is 56.8 Å². The molecule has 1 aliphatic heterocycles. The maximum Gasteiger partial charge on any atom is 0.228 e. The molecule has 132 valence electrons. The van der Waals surface area contributed by atoms with E-state index in [0.717, 1.165) is 29.0 Å². The normalized spacial score (nSPS) is 15.2. The highest BCUT2D eigenvalue weighted by Gasteiger charge is 2.22. The second kappa shape index (κ2) is 7.47. The van der Waals surface area contributed by atoms with E-state index >= 15 is 0 Å². The number of nitrogens with one attached hydrogen (secondary N) is 1. The van der Waals surface area contributed by atoms with Crippen molar-refractivity contribution in [2.24, 2.45) is 0 Å². The predicted octanol–water partition coefficient (Wildman–Crippen LogP) is 3.60. The van der Waals surface area contributed by atoms with Crippen LogP contribution in [-0.2, 0) is 17.6 Å². The van der Waals surface area contributed by atoms with E-state index in [4.69, 9.17) is 14.2 Å². The van der Waals surface area contributed by atoms with Gasteiger partial charge in [0.15, 0.2) is 0 Å². The smallest absolute Gasteiger partial charge is 0.228 e. The lowest BCUT2D eigenvalue weighted by molar-refractivity contribution is -0.115. The molecule has 0 aliphatic carbocycles. The molecule has 3 rings (SSSR count). The predicted molar refractivity (Wildman–Crippen MR) is 96.7 cm³/mol. The number of fused-ring (bicyclic) bond motifs is 1. The van der Waals surface area contributed by atoms with Gasteiger partial charge in [0.2, 0.25) is 5.91 Å². The van der Waals surface area contributed by atoms with Crippen molar-refractivity contribution < 1.29 is 19.0 Å². The van der Waals surface area contributed by atoms with Crippen molar-refractivity contribution in [3.05, 3.63) is 47.5 Å². The summed E-state index contributed by atoms with van der Waals surface area (Å²) in [6, 6.07) is 11.3. The lowest BCUT2D eigenvalue weighted by Crippen LogP contribution is -2.15. The van der Waals surface area contributed by atoms with Crippen LogP contribution in [0.25, 0.3) is 0 Å². The van der Waals surface area contributed by atoms with Crippen LogP contribution in [0.4, 0.5) is 5.69 Å². The summed E-state index contributed by atoms with van der Waals surface area (Å²) in [6.07, 6.45) is 1.29. The summed E-state index contributed by atoms with van der Waals surface area (Å²) in [7, 11) is 1.62. The van der Waals surface area contributed by atoms with Crippen molar-refractivity contribution in [3.8, 4) is 17.2 Å². The molecule has 1 atom stereocenters. The molecular formula is C20H23NO4. The van der Waals surface area contributed by atoms with E-state index in [1.807, 2.05) is 50.2 Å². The van der Waals surface area contributed by atoms with Gasteiger partial charge in [-0.15, -0.1) is 0 Å². The van der Waals surface area contributed by atoms with Gasteiger partial charge >= 0.3 is 0 Å². The van der Waals surface area contributed by atoms with Crippen LogP contribution in [0.2, 0.25) is 0 Å². The minimum atomic E-state index is -0.0999. The molecule has 1 N–H and O–H groups in total. The first-order chi connectivity index (χ1) is 12.1. The van der Waals surface area contributed by atoms with Crippen LogP contribution >= 0.6 is 0 Å². The molecule has 1 amide bonds. The highest BCUT2D eigenvalue weighted by molar-refractivity contribution is 5.94. The van der Waals surface area contributed by atoms with Gasteiger partial charge in [0.1, 0.15) is 23.4 Å². The van der Waals surface area contributed by atoms with Crippen LogP contribution in [0.5, 0.6) is 17.2 Å². The van der Waals surface area contributed by atoms with Crippen molar-refractivity contribution in [1.29, 1.82) is 0 Å².